The number of nitrogens with zero attached hydrogens (tertiary/aromatic N) is 1. The number of pyridine rings is 1. The largest absolute Gasteiger partial charge is 0.416 e. The molecule has 8 aromatic carbocycles. The predicted octanol–water partition coefficient (Wildman–Crippen LogP) is 13.9. The first-order chi connectivity index (χ1) is 25.5. The Kier molecular flexibility index (Phi) is 6.71. The van der Waals surface area contributed by atoms with Gasteiger partial charge in [-0.15, -0.1) is 0 Å². The molecule has 0 fully saturated rings. The smallest absolute Gasteiger partial charge is 0.247 e. The minimum Gasteiger partial charge on any atom is -0.247 e. The van der Waals surface area contributed by atoms with Crippen molar-refractivity contribution < 1.29 is 13.2 Å². The van der Waals surface area contributed by atoms with E-state index in [1.54, 1.807) is 0 Å². The summed E-state index contributed by atoms with van der Waals surface area (Å²) < 4.78 is 40.3. The number of aromatic nitrogens is 1. The molecule has 1 heterocycles. The van der Waals surface area contributed by atoms with Crippen molar-refractivity contribution in [3.63, 3.8) is 0 Å². The van der Waals surface area contributed by atoms with Crippen molar-refractivity contribution >= 4 is 32.3 Å². The van der Waals surface area contributed by atoms with Crippen molar-refractivity contribution in [2.24, 2.45) is 0 Å². The molecule has 0 N–H and O–H groups in total. The molecule has 1 aromatic heterocycles. The molecule has 9 aromatic rings. The van der Waals surface area contributed by atoms with E-state index in [0.717, 1.165) is 50.7 Å². The van der Waals surface area contributed by atoms with Gasteiger partial charge in [0.2, 0.25) is 0 Å². The van der Waals surface area contributed by atoms with E-state index in [2.05, 4.69) is 121 Å². The fourth-order valence-electron chi connectivity index (χ4n) is 8.20. The van der Waals surface area contributed by atoms with E-state index < -0.39 is 11.7 Å². The van der Waals surface area contributed by atoms with E-state index in [-0.39, 0.29) is 0 Å². The molecule has 1 aliphatic rings. The monoisotopic (exact) mass is 675 g/mol. The van der Waals surface area contributed by atoms with Gasteiger partial charge < -0.3 is 0 Å². The molecule has 0 atom stereocenters. The Balaban J connectivity index is 1.28. The average molecular weight is 676 g/mol. The number of halogens is 3. The lowest BCUT2D eigenvalue weighted by Crippen LogP contribution is -2.04. The van der Waals surface area contributed by atoms with E-state index in [1.165, 1.54) is 61.7 Å². The number of rotatable bonds is 4. The molecule has 0 aliphatic heterocycles. The summed E-state index contributed by atoms with van der Waals surface area (Å²) in [7, 11) is 0. The highest BCUT2D eigenvalue weighted by molar-refractivity contribution is 6.29. The Hall–Kier alpha value is -6.52. The number of hydrogen-bond acceptors (Lipinski definition) is 1. The lowest BCUT2D eigenvalue weighted by Gasteiger charge is -2.20. The van der Waals surface area contributed by atoms with E-state index >= 15 is 0 Å². The lowest BCUT2D eigenvalue weighted by molar-refractivity contribution is -0.137. The number of benzene rings is 8. The molecule has 10 rings (SSSR count). The summed E-state index contributed by atoms with van der Waals surface area (Å²) in [5, 5.41) is 6.61. The molecule has 0 bridgehead atoms. The zero-order valence-electron chi connectivity index (χ0n) is 27.7. The second kappa shape index (κ2) is 11.5. The zero-order valence-corrected chi connectivity index (χ0v) is 27.7. The summed E-state index contributed by atoms with van der Waals surface area (Å²) >= 11 is 0. The third-order valence-electron chi connectivity index (χ3n) is 10.4. The van der Waals surface area contributed by atoms with Gasteiger partial charge in [-0.1, -0.05) is 152 Å². The zero-order chi connectivity index (χ0) is 35.0. The number of fused-ring (bicyclic) bond motifs is 5. The quantitative estimate of drug-likeness (QED) is 0.181. The highest BCUT2D eigenvalue weighted by Gasteiger charge is 2.32. The van der Waals surface area contributed by atoms with Crippen molar-refractivity contribution in [3.8, 4) is 67.0 Å². The van der Waals surface area contributed by atoms with Crippen LogP contribution in [0.2, 0.25) is 0 Å². The van der Waals surface area contributed by atoms with Crippen LogP contribution >= 0.6 is 0 Å². The van der Waals surface area contributed by atoms with Crippen molar-refractivity contribution in [3.05, 3.63) is 175 Å². The number of hydrogen-bond donors (Lipinski definition) is 0. The van der Waals surface area contributed by atoms with Gasteiger partial charge in [-0.25, -0.2) is 4.98 Å². The summed E-state index contributed by atoms with van der Waals surface area (Å²) in [6.07, 6.45) is -4.41. The maximum Gasteiger partial charge on any atom is 0.416 e. The average Bonchev–Trinajstić information content (AvgIpc) is 3.52. The van der Waals surface area contributed by atoms with Gasteiger partial charge in [-0.3, -0.25) is 0 Å². The van der Waals surface area contributed by atoms with Crippen LogP contribution in [-0.4, -0.2) is 4.98 Å². The highest BCUT2D eigenvalue weighted by Crippen LogP contribution is 2.58. The first kappa shape index (κ1) is 30.3. The SMILES string of the molecule is FC(F)(F)c1ccc(-c2cc3ccccc3c(-c3ccc4c5c(cccc35)-c3c-4c(-c4ccccc4)c4ccccc4c3-c3ccccc3)n2)cc1. The highest BCUT2D eigenvalue weighted by atomic mass is 19.4. The topological polar surface area (TPSA) is 12.9 Å². The molecule has 0 saturated heterocycles. The van der Waals surface area contributed by atoms with Crippen LogP contribution in [-0.2, 0) is 6.18 Å². The molecular weight excluding hydrogens is 648 g/mol. The van der Waals surface area contributed by atoms with Crippen LogP contribution in [0.5, 0.6) is 0 Å². The van der Waals surface area contributed by atoms with Gasteiger partial charge in [-0.2, -0.15) is 13.2 Å². The Labute approximate surface area is 298 Å². The fourth-order valence-corrected chi connectivity index (χ4v) is 8.20. The van der Waals surface area contributed by atoms with Crippen molar-refractivity contribution in [1.82, 2.24) is 4.98 Å². The predicted molar refractivity (Wildman–Crippen MR) is 208 cm³/mol. The molecule has 0 radical (unpaired) electrons. The second-order valence-corrected chi connectivity index (χ2v) is 13.3. The first-order valence-corrected chi connectivity index (χ1v) is 17.3. The summed E-state index contributed by atoms with van der Waals surface area (Å²) in [4.78, 5) is 5.21. The molecular formula is C48H28F3N. The second-order valence-electron chi connectivity index (χ2n) is 13.3. The van der Waals surface area contributed by atoms with Crippen LogP contribution in [0.15, 0.2) is 170 Å². The molecule has 1 nitrogen and oxygen atoms in total. The van der Waals surface area contributed by atoms with Crippen molar-refractivity contribution in [2.45, 2.75) is 6.18 Å². The van der Waals surface area contributed by atoms with E-state index in [1.807, 2.05) is 24.3 Å². The van der Waals surface area contributed by atoms with Crippen LogP contribution in [0, 0.1) is 0 Å². The van der Waals surface area contributed by atoms with Crippen LogP contribution < -0.4 is 0 Å². The van der Waals surface area contributed by atoms with Gasteiger partial charge in [0.05, 0.1) is 17.0 Å². The van der Waals surface area contributed by atoms with Gasteiger partial charge in [0, 0.05) is 16.5 Å². The van der Waals surface area contributed by atoms with Crippen molar-refractivity contribution in [1.29, 1.82) is 0 Å². The fraction of sp³-hybridized carbons (Fsp3) is 0.0208. The van der Waals surface area contributed by atoms with E-state index in [4.69, 9.17) is 4.98 Å². The van der Waals surface area contributed by atoms with E-state index in [0.29, 0.717) is 11.3 Å². The van der Waals surface area contributed by atoms with Crippen LogP contribution in [0.3, 0.4) is 0 Å². The summed E-state index contributed by atoms with van der Waals surface area (Å²) in [5.41, 5.74) is 11.9. The van der Waals surface area contributed by atoms with Crippen LogP contribution in [0.1, 0.15) is 5.56 Å². The van der Waals surface area contributed by atoms with Gasteiger partial charge in [0.25, 0.3) is 0 Å². The standard InChI is InChI=1S/C48H28F3N/c49-48(50,51)33-24-22-29(23-25-33)41-28-32-16-7-8-17-34(32)47(52-41)38-26-27-40-44-37(38)20-11-21-39(44)45-42(30-12-3-1-4-13-30)35-18-9-10-19-36(35)43(46(40)45)31-14-5-2-6-15-31/h1-28H. The van der Waals surface area contributed by atoms with Crippen LogP contribution in [0.4, 0.5) is 13.2 Å². The molecule has 0 unspecified atom stereocenters. The Morgan fingerprint density at radius 2 is 0.904 bits per heavy atom. The molecule has 0 amide bonds. The maximum absolute atomic E-state index is 13.4. The van der Waals surface area contributed by atoms with Gasteiger partial charge in [-0.05, 0) is 89.6 Å². The minimum absolute atomic E-state index is 0.623. The lowest BCUT2D eigenvalue weighted by atomic mass is 9.82. The molecule has 246 valence electrons. The summed E-state index contributed by atoms with van der Waals surface area (Å²) in [6, 6.07) is 56.3. The third-order valence-corrected chi connectivity index (χ3v) is 10.4. The van der Waals surface area contributed by atoms with Gasteiger partial charge in [0.15, 0.2) is 0 Å². The summed E-state index contributed by atoms with van der Waals surface area (Å²) in [5.74, 6) is 0. The molecule has 4 heteroatoms. The molecule has 0 spiro atoms. The normalized spacial score (nSPS) is 12.1. The molecule has 0 saturated carbocycles. The van der Waals surface area contributed by atoms with Gasteiger partial charge >= 0.3 is 6.18 Å². The van der Waals surface area contributed by atoms with Crippen LogP contribution in [0.25, 0.3) is 99.3 Å². The van der Waals surface area contributed by atoms with E-state index in [9.17, 15) is 13.2 Å². The molecule has 52 heavy (non-hydrogen) atoms. The first-order valence-electron chi connectivity index (χ1n) is 17.3. The Bertz CT molecular complexity index is 2760. The maximum atomic E-state index is 13.4. The third kappa shape index (κ3) is 4.61. The Morgan fingerprint density at radius 1 is 0.385 bits per heavy atom. The minimum atomic E-state index is -4.41. The molecule has 1 aliphatic carbocycles. The summed E-state index contributed by atoms with van der Waals surface area (Å²) in [6.45, 7) is 0. The Morgan fingerprint density at radius 3 is 1.52 bits per heavy atom. The van der Waals surface area contributed by atoms with Gasteiger partial charge in [0.1, 0.15) is 0 Å². The van der Waals surface area contributed by atoms with Crippen molar-refractivity contribution in [2.75, 3.05) is 0 Å². The number of alkyl halides is 3.